The number of halogens is 1. The van der Waals surface area contributed by atoms with Gasteiger partial charge in [-0.3, -0.25) is 4.99 Å². The number of likely N-dealkylation sites (N-methyl/N-ethyl adjacent to an activating group) is 1. The Morgan fingerprint density at radius 3 is 2.44 bits per heavy atom. The third-order valence-corrected chi connectivity index (χ3v) is 6.06. The lowest BCUT2D eigenvalue weighted by Gasteiger charge is -2.42. The molecule has 2 fully saturated rings. The maximum atomic E-state index is 5.28. The van der Waals surface area contributed by atoms with Gasteiger partial charge in [0.1, 0.15) is 0 Å². The van der Waals surface area contributed by atoms with Crippen LogP contribution in [0.2, 0.25) is 0 Å². The van der Waals surface area contributed by atoms with Crippen LogP contribution in [0.3, 0.4) is 0 Å². The van der Waals surface area contributed by atoms with E-state index in [1.54, 1.807) is 7.11 Å². The monoisotopic (exact) mass is 466 g/mol. The molecule has 2 aliphatic rings. The zero-order valence-corrected chi connectivity index (χ0v) is 18.8. The molecule has 2 rings (SSSR count). The van der Waals surface area contributed by atoms with Crippen molar-refractivity contribution in [2.75, 3.05) is 47.4 Å². The Hall–Kier alpha value is -0.0800. The Bertz CT molecular complexity index is 382. The van der Waals surface area contributed by atoms with Crippen LogP contribution in [-0.4, -0.2) is 64.3 Å². The first-order chi connectivity index (χ1) is 11.7. The Balaban J connectivity index is 0.00000312. The first kappa shape index (κ1) is 23.0. The highest BCUT2D eigenvalue weighted by atomic mass is 127. The summed E-state index contributed by atoms with van der Waals surface area (Å²) in [5, 5.41) is 7.02. The van der Waals surface area contributed by atoms with Crippen LogP contribution in [0.5, 0.6) is 0 Å². The molecule has 0 aromatic heterocycles. The van der Waals surface area contributed by atoms with E-state index >= 15 is 0 Å². The molecule has 25 heavy (non-hydrogen) atoms. The molecule has 0 spiro atoms. The van der Waals surface area contributed by atoms with Gasteiger partial charge in [0.15, 0.2) is 5.96 Å². The predicted octanol–water partition coefficient (Wildman–Crippen LogP) is 3.24. The van der Waals surface area contributed by atoms with E-state index in [4.69, 9.17) is 4.74 Å². The van der Waals surface area contributed by atoms with Gasteiger partial charge in [-0.2, -0.15) is 0 Å². The first-order valence-corrected chi connectivity index (χ1v) is 9.83. The molecule has 148 valence electrons. The highest BCUT2D eigenvalue weighted by Gasteiger charge is 2.36. The molecule has 6 heteroatoms. The quantitative estimate of drug-likeness (QED) is 0.311. The summed E-state index contributed by atoms with van der Waals surface area (Å²) in [6, 6.07) is 0.780. The van der Waals surface area contributed by atoms with Crippen molar-refractivity contribution >= 4 is 29.9 Å². The molecule has 2 saturated carbocycles. The molecule has 0 aromatic carbocycles. The van der Waals surface area contributed by atoms with Gasteiger partial charge < -0.3 is 20.3 Å². The van der Waals surface area contributed by atoms with E-state index in [0.29, 0.717) is 5.41 Å². The third-order valence-electron chi connectivity index (χ3n) is 6.06. The van der Waals surface area contributed by atoms with Gasteiger partial charge in [0.2, 0.25) is 0 Å². The summed E-state index contributed by atoms with van der Waals surface area (Å²) in [5.74, 6) is 0.940. The molecule has 0 heterocycles. The molecule has 5 nitrogen and oxygen atoms in total. The molecule has 0 saturated heterocycles. The second-order valence-electron chi connectivity index (χ2n) is 7.72. The zero-order chi connectivity index (χ0) is 17.3. The van der Waals surface area contributed by atoms with Crippen molar-refractivity contribution in [3.05, 3.63) is 0 Å². The largest absolute Gasteiger partial charge is 0.385 e. The first-order valence-electron chi connectivity index (χ1n) is 9.83. The van der Waals surface area contributed by atoms with E-state index in [2.05, 4.69) is 27.6 Å². The summed E-state index contributed by atoms with van der Waals surface area (Å²) >= 11 is 0. The standard InChI is InChI=1S/C19H38N4O.HI/c1-20-18(22-16-19(10-7-11-19)12-15-24-3)21-13-14-23(2)17-8-5-4-6-9-17;/h17H,4-16H2,1-3H3,(H2,20,21,22);1H. The van der Waals surface area contributed by atoms with Gasteiger partial charge >= 0.3 is 0 Å². The van der Waals surface area contributed by atoms with Gasteiger partial charge in [-0.05, 0) is 44.6 Å². The van der Waals surface area contributed by atoms with Crippen LogP contribution >= 0.6 is 24.0 Å². The van der Waals surface area contributed by atoms with Crippen LogP contribution in [0, 0.1) is 5.41 Å². The van der Waals surface area contributed by atoms with Crippen molar-refractivity contribution < 1.29 is 4.74 Å². The van der Waals surface area contributed by atoms with E-state index in [1.807, 2.05) is 7.05 Å². The number of nitrogens with zero attached hydrogens (tertiary/aromatic N) is 2. The Morgan fingerprint density at radius 1 is 1.16 bits per heavy atom. The molecule has 2 N–H and O–H groups in total. The number of hydrogen-bond donors (Lipinski definition) is 2. The fourth-order valence-electron chi connectivity index (χ4n) is 4.06. The van der Waals surface area contributed by atoms with Crippen molar-refractivity contribution in [3.63, 3.8) is 0 Å². The van der Waals surface area contributed by atoms with Gasteiger partial charge in [0.25, 0.3) is 0 Å². The lowest BCUT2D eigenvalue weighted by molar-refractivity contribution is 0.0732. The molecule has 0 unspecified atom stereocenters. The van der Waals surface area contributed by atoms with Crippen LogP contribution in [0.25, 0.3) is 0 Å². The van der Waals surface area contributed by atoms with Crippen molar-refractivity contribution in [1.82, 2.24) is 15.5 Å². The van der Waals surface area contributed by atoms with Crippen LogP contribution in [0.4, 0.5) is 0 Å². The number of guanidine groups is 1. The van der Waals surface area contributed by atoms with Crippen molar-refractivity contribution in [2.24, 2.45) is 10.4 Å². The molecule has 0 radical (unpaired) electrons. The Labute approximate surface area is 171 Å². The van der Waals surface area contributed by atoms with E-state index in [9.17, 15) is 0 Å². The maximum absolute atomic E-state index is 5.28. The van der Waals surface area contributed by atoms with Crippen molar-refractivity contribution in [1.29, 1.82) is 0 Å². The SMILES string of the molecule is CN=C(NCCN(C)C1CCCCC1)NCC1(CCOC)CCC1.I. The van der Waals surface area contributed by atoms with Gasteiger partial charge in [0.05, 0.1) is 0 Å². The highest BCUT2D eigenvalue weighted by Crippen LogP contribution is 2.43. The normalized spacial score (nSPS) is 20.7. The van der Waals surface area contributed by atoms with Gasteiger partial charge in [-0.15, -0.1) is 24.0 Å². The van der Waals surface area contributed by atoms with Crippen LogP contribution in [0.15, 0.2) is 4.99 Å². The second-order valence-corrected chi connectivity index (χ2v) is 7.72. The van der Waals surface area contributed by atoms with E-state index in [0.717, 1.165) is 44.7 Å². The predicted molar refractivity (Wildman–Crippen MR) is 117 cm³/mol. The average molecular weight is 466 g/mol. The Morgan fingerprint density at radius 2 is 1.88 bits per heavy atom. The number of aliphatic imine (C=N–C) groups is 1. The maximum Gasteiger partial charge on any atom is 0.191 e. The minimum absolute atomic E-state index is 0. The van der Waals surface area contributed by atoms with E-state index in [1.165, 1.54) is 51.4 Å². The summed E-state index contributed by atoms with van der Waals surface area (Å²) in [7, 11) is 5.92. The highest BCUT2D eigenvalue weighted by molar-refractivity contribution is 14.0. The molecular formula is C19H39IN4O. The molecular weight excluding hydrogens is 427 g/mol. The number of rotatable bonds is 9. The molecule has 0 bridgehead atoms. The summed E-state index contributed by atoms with van der Waals surface area (Å²) in [6.45, 7) is 3.91. The topological polar surface area (TPSA) is 48.9 Å². The van der Waals surface area contributed by atoms with Gasteiger partial charge in [0, 0.05) is 46.4 Å². The van der Waals surface area contributed by atoms with Crippen LogP contribution in [-0.2, 0) is 4.74 Å². The number of nitrogens with one attached hydrogen (secondary N) is 2. The molecule has 0 atom stereocenters. The average Bonchev–Trinajstić information content (AvgIpc) is 2.59. The fourth-order valence-corrected chi connectivity index (χ4v) is 4.06. The minimum atomic E-state index is 0. The molecule has 2 aliphatic carbocycles. The summed E-state index contributed by atoms with van der Waals surface area (Å²) in [5.41, 5.74) is 0.423. The smallest absolute Gasteiger partial charge is 0.191 e. The zero-order valence-electron chi connectivity index (χ0n) is 16.5. The summed E-state index contributed by atoms with van der Waals surface area (Å²) < 4.78 is 5.28. The molecule has 0 amide bonds. The third kappa shape index (κ3) is 7.59. The molecule has 0 aliphatic heterocycles. The van der Waals surface area contributed by atoms with Crippen LogP contribution in [0.1, 0.15) is 57.8 Å². The second kappa shape index (κ2) is 12.3. The fraction of sp³-hybridized carbons (Fsp3) is 0.947. The summed E-state index contributed by atoms with van der Waals surface area (Å²) in [6.07, 6.45) is 12.1. The molecule has 0 aromatic rings. The van der Waals surface area contributed by atoms with Gasteiger partial charge in [-0.1, -0.05) is 25.7 Å². The minimum Gasteiger partial charge on any atom is -0.385 e. The number of hydrogen-bond acceptors (Lipinski definition) is 3. The van der Waals surface area contributed by atoms with Gasteiger partial charge in [-0.25, -0.2) is 0 Å². The van der Waals surface area contributed by atoms with Crippen molar-refractivity contribution in [3.8, 4) is 0 Å². The van der Waals surface area contributed by atoms with Crippen molar-refractivity contribution in [2.45, 2.75) is 63.8 Å². The van der Waals surface area contributed by atoms with E-state index < -0.39 is 0 Å². The lowest BCUT2D eigenvalue weighted by Crippen LogP contribution is -2.48. The number of ether oxygens (including phenoxy) is 1. The lowest BCUT2D eigenvalue weighted by atomic mass is 9.67. The summed E-state index contributed by atoms with van der Waals surface area (Å²) in [4.78, 5) is 6.90. The number of methoxy groups -OCH3 is 1. The van der Waals surface area contributed by atoms with E-state index in [-0.39, 0.29) is 24.0 Å². The Kier molecular flexibility index (Phi) is 11.3. The van der Waals surface area contributed by atoms with Crippen LogP contribution < -0.4 is 10.6 Å².